The summed E-state index contributed by atoms with van der Waals surface area (Å²) in [6, 6.07) is 0. The highest BCUT2D eigenvalue weighted by atomic mass is 32.2. The van der Waals surface area contributed by atoms with E-state index in [9.17, 15) is 4.55 Å². The van der Waals surface area contributed by atoms with E-state index >= 15 is 0 Å². The fraction of sp³-hybridized carbons (Fsp3) is 0.429. The number of allylic oxidation sites excluding steroid dienone is 4. The van der Waals surface area contributed by atoms with Crippen LogP contribution < -0.4 is 0 Å². The molecule has 0 aromatic heterocycles. The van der Waals surface area contributed by atoms with Crippen molar-refractivity contribution in [3.05, 3.63) is 48.6 Å². The number of ether oxygens (including phenoxy) is 1. The van der Waals surface area contributed by atoms with Gasteiger partial charge in [0.25, 0.3) is 0 Å². The maximum Gasteiger partial charge on any atom is 0.178 e. The first kappa shape index (κ1) is 17.6. The van der Waals surface area contributed by atoms with Crippen LogP contribution in [0.5, 0.6) is 0 Å². The van der Waals surface area contributed by atoms with Crippen LogP contribution in [0.25, 0.3) is 0 Å². The fourth-order valence-electron chi connectivity index (χ4n) is 1.52. The van der Waals surface area contributed by atoms with Gasteiger partial charge in [0.15, 0.2) is 9.87 Å². The van der Waals surface area contributed by atoms with Crippen molar-refractivity contribution in [1.29, 1.82) is 0 Å². The van der Waals surface area contributed by atoms with Crippen LogP contribution in [0.2, 0.25) is 0 Å². The van der Waals surface area contributed by atoms with Crippen LogP contribution in [0.3, 0.4) is 0 Å². The molecule has 0 amide bonds. The predicted octanol–water partition coefficient (Wildman–Crippen LogP) is 4.84. The largest absolute Gasteiger partial charge is 0.331 e. The van der Waals surface area contributed by atoms with Gasteiger partial charge in [-0.1, -0.05) is 24.3 Å². The minimum Gasteiger partial charge on any atom is -0.331 e. The molecule has 1 N–H and O–H groups in total. The third-order valence-corrected chi connectivity index (χ3v) is 3.10. The van der Waals surface area contributed by atoms with Crippen LogP contribution in [0, 0.1) is 0 Å². The summed E-state index contributed by atoms with van der Waals surface area (Å²) in [5, 5.41) is 0. The van der Waals surface area contributed by atoms with Gasteiger partial charge in [-0.15, -0.1) is 12.6 Å². The Kier molecular flexibility index (Phi) is 8.44. The van der Waals surface area contributed by atoms with Gasteiger partial charge in [0.2, 0.25) is 0 Å². The highest BCUT2D eigenvalue weighted by molar-refractivity contribution is 7.95. The van der Waals surface area contributed by atoms with E-state index in [1.807, 2.05) is 64.2 Å². The van der Waals surface area contributed by atoms with Gasteiger partial charge in [-0.2, -0.15) is 0 Å². The number of thiol groups is 1. The maximum atomic E-state index is 9.55. The van der Waals surface area contributed by atoms with Gasteiger partial charge in [-0.3, -0.25) is 0 Å². The van der Waals surface area contributed by atoms with Crippen LogP contribution in [0.1, 0.15) is 27.7 Å². The van der Waals surface area contributed by atoms with Crippen molar-refractivity contribution < 1.29 is 9.29 Å². The number of hydrogen-bond donors (Lipinski definition) is 2. The molecule has 102 valence electrons. The lowest BCUT2D eigenvalue weighted by Gasteiger charge is -2.33. The molecule has 0 aliphatic heterocycles. The molecular formula is C14H22O2S2. The SMILES string of the molecule is CC=CC(S)(C=CC)OC(C=CC)(C=CC)SO. The molecule has 0 atom stereocenters. The maximum absolute atomic E-state index is 9.55. The van der Waals surface area contributed by atoms with Gasteiger partial charge >= 0.3 is 0 Å². The quantitative estimate of drug-likeness (QED) is 0.304. The van der Waals surface area contributed by atoms with E-state index in [-0.39, 0.29) is 0 Å². The van der Waals surface area contributed by atoms with E-state index in [4.69, 9.17) is 4.74 Å². The Balaban J connectivity index is 5.39. The van der Waals surface area contributed by atoms with E-state index in [0.29, 0.717) is 12.0 Å². The standard InChI is InChI=1S/C14H22O2S2/c1-5-9-13(17,10-6-2)16-14(18-15,11-7-3)12-8-4/h5-12,15,17H,1-4H3. The van der Waals surface area contributed by atoms with Crippen molar-refractivity contribution in [1.82, 2.24) is 0 Å². The summed E-state index contributed by atoms with van der Waals surface area (Å²) >= 11 is 5.16. The summed E-state index contributed by atoms with van der Waals surface area (Å²) in [4.78, 5) is -1.80. The molecule has 4 heteroatoms. The van der Waals surface area contributed by atoms with Crippen molar-refractivity contribution in [2.45, 2.75) is 37.6 Å². The van der Waals surface area contributed by atoms with Gasteiger partial charge in [0.1, 0.15) is 0 Å². The number of hydrogen-bond acceptors (Lipinski definition) is 4. The van der Waals surface area contributed by atoms with E-state index in [1.165, 1.54) is 0 Å². The summed E-state index contributed by atoms with van der Waals surface area (Å²) in [6.07, 6.45) is 14.6. The molecule has 0 aliphatic carbocycles. The smallest absolute Gasteiger partial charge is 0.178 e. The lowest BCUT2D eigenvalue weighted by atomic mass is 10.2. The van der Waals surface area contributed by atoms with E-state index in [2.05, 4.69) is 12.6 Å². The summed E-state index contributed by atoms with van der Waals surface area (Å²) in [7, 11) is 0. The summed E-state index contributed by atoms with van der Waals surface area (Å²) in [5.74, 6) is 0. The molecule has 0 heterocycles. The summed E-state index contributed by atoms with van der Waals surface area (Å²) in [5.41, 5.74) is 0. The highest BCUT2D eigenvalue weighted by Crippen LogP contribution is 2.36. The Labute approximate surface area is 120 Å². The molecule has 0 aromatic rings. The molecule has 0 rings (SSSR count). The van der Waals surface area contributed by atoms with Gasteiger partial charge in [0.05, 0.1) is 0 Å². The monoisotopic (exact) mass is 286 g/mol. The van der Waals surface area contributed by atoms with Crippen molar-refractivity contribution in [2.75, 3.05) is 0 Å². The summed E-state index contributed by atoms with van der Waals surface area (Å²) in [6.45, 7) is 7.56. The second kappa shape index (κ2) is 8.64. The molecule has 2 nitrogen and oxygen atoms in total. The second-order valence-electron chi connectivity index (χ2n) is 3.67. The van der Waals surface area contributed by atoms with Crippen LogP contribution >= 0.6 is 24.7 Å². The number of rotatable bonds is 7. The molecular weight excluding hydrogens is 264 g/mol. The topological polar surface area (TPSA) is 29.5 Å². The third-order valence-electron chi connectivity index (χ3n) is 2.07. The second-order valence-corrected chi connectivity index (χ2v) is 5.19. The zero-order chi connectivity index (χ0) is 14.1. The lowest BCUT2D eigenvalue weighted by Crippen LogP contribution is -2.34. The first-order valence-corrected chi connectivity index (χ1v) is 7.04. The zero-order valence-electron chi connectivity index (χ0n) is 11.3. The molecule has 0 unspecified atom stereocenters. The Hall–Kier alpha value is -0.420. The molecule has 0 radical (unpaired) electrons. The molecule has 0 saturated carbocycles. The zero-order valence-corrected chi connectivity index (χ0v) is 13.0. The highest BCUT2D eigenvalue weighted by Gasteiger charge is 2.34. The molecule has 0 aliphatic rings. The minimum absolute atomic E-state index is 0.633. The molecule has 0 aromatic carbocycles. The van der Waals surface area contributed by atoms with Crippen LogP contribution in [0.15, 0.2) is 48.6 Å². The molecule has 18 heavy (non-hydrogen) atoms. The van der Waals surface area contributed by atoms with Crippen molar-refractivity contribution in [3.63, 3.8) is 0 Å². The Morgan fingerprint density at radius 2 is 1.28 bits per heavy atom. The average Bonchev–Trinajstić information content (AvgIpc) is 2.30. The minimum atomic E-state index is -0.940. The van der Waals surface area contributed by atoms with Crippen LogP contribution in [-0.2, 0) is 4.74 Å². The molecule has 0 fully saturated rings. The lowest BCUT2D eigenvalue weighted by molar-refractivity contribution is 0.0497. The van der Waals surface area contributed by atoms with Crippen molar-refractivity contribution in [2.24, 2.45) is 0 Å². The Bertz CT molecular complexity index is 320. The van der Waals surface area contributed by atoms with Crippen LogP contribution in [-0.4, -0.2) is 14.4 Å². The van der Waals surface area contributed by atoms with E-state index in [0.717, 1.165) is 0 Å². The van der Waals surface area contributed by atoms with Crippen LogP contribution in [0.4, 0.5) is 0 Å². The van der Waals surface area contributed by atoms with E-state index in [1.54, 1.807) is 12.2 Å². The molecule has 0 saturated heterocycles. The first-order chi connectivity index (χ1) is 8.51. The predicted molar refractivity (Wildman–Crippen MR) is 85.0 cm³/mol. The van der Waals surface area contributed by atoms with Crippen molar-refractivity contribution in [3.8, 4) is 0 Å². The summed E-state index contributed by atoms with van der Waals surface area (Å²) < 4.78 is 15.5. The fourth-order valence-corrected chi connectivity index (χ4v) is 2.60. The molecule has 0 spiro atoms. The van der Waals surface area contributed by atoms with Crippen molar-refractivity contribution >= 4 is 24.7 Å². The average molecular weight is 286 g/mol. The van der Waals surface area contributed by atoms with Gasteiger partial charge < -0.3 is 9.29 Å². The van der Waals surface area contributed by atoms with Gasteiger partial charge in [0, 0.05) is 12.0 Å². The molecule has 0 bridgehead atoms. The van der Waals surface area contributed by atoms with Gasteiger partial charge in [-0.25, -0.2) is 0 Å². The Morgan fingerprint density at radius 3 is 1.56 bits per heavy atom. The van der Waals surface area contributed by atoms with E-state index < -0.39 is 9.87 Å². The Morgan fingerprint density at radius 1 is 0.889 bits per heavy atom. The first-order valence-electron chi connectivity index (χ1n) is 5.82. The van der Waals surface area contributed by atoms with Gasteiger partial charge in [-0.05, 0) is 52.0 Å². The third kappa shape index (κ3) is 5.48. The normalized spacial score (nSPS) is 20.1.